The van der Waals surface area contributed by atoms with Gasteiger partial charge < -0.3 is 5.32 Å². The molecule has 0 atom stereocenters. The van der Waals surface area contributed by atoms with Crippen LogP contribution in [0.4, 0.5) is 0 Å². The molecule has 1 N–H and O–H groups in total. The number of hydrogen-bond donors (Lipinski definition) is 1. The Kier molecular flexibility index (Phi) is 5.35. The number of benzene rings is 2. The molecule has 0 unspecified atom stereocenters. The van der Waals surface area contributed by atoms with E-state index in [1.54, 1.807) is 30.0 Å². The smallest absolute Gasteiger partial charge is 0.253 e. The van der Waals surface area contributed by atoms with Gasteiger partial charge in [0, 0.05) is 16.5 Å². The van der Waals surface area contributed by atoms with Gasteiger partial charge in [0.2, 0.25) is 0 Å². The molecule has 2 aromatic rings. The highest BCUT2D eigenvalue weighted by Crippen LogP contribution is 2.23. The maximum atomic E-state index is 12.2. The van der Waals surface area contributed by atoms with Crippen LogP contribution in [0.2, 0.25) is 10.0 Å². The van der Waals surface area contributed by atoms with E-state index in [2.05, 4.69) is 5.32 Å². The second-order valence-corrected chi connectivity index (χ2v) is 5.81. The topological polar surface area (TPSA) is 29.1 Å². The fourth-order valence-electron chi connectivity index (χ4n) is 1.72. The molecule has 0 heterocycles. The molecule has 20 heavy (non-hydrogen) atoms. The number of rotatable bonds is 4. The molecule has 0 bridgehead atoms. The summed E-state index contributed by atoms with van der Waals surface area (Å²) in [5.41, 5.74) is 1.35. The van der Waals surface area contributed by atoms with E-state index in [0.717, 1.165) is 10.5 Å². The highest BCUT2D eigenvalue weighted by molar-refractivity contribution is 7.98. The molecule has 0 aromatic heterocycles. The molecule has 1 amide bonds. The maximum Gasteiger partial charge on any atom is 0.253 e. The predicted molar refractivity (Wildman–Crippen MR) is 85.9 cm³/mol. The van der Waals surface area contributed by atoms with Crippen molar-refractivity contribution in [3.8, 4) is 0 Å². The molecule has 2 aromatic carbocycles. The van der Waals surface area contributed by atoms with E-state index in [1.807, 2.05) is 30.5 Å². The van der Waals surface area contributed by atoms with Gasteiger partial charge in [-0.2, -0.15) is 0 Å². The van der Waals surface area contributed by atoms with E-state index in [0.29, 0.717) is 22.2 Å². The van der Waals surface area contributed by atoms with Crippen molar-refractivity contribution in [2.45, 2.75) is 11.4 Å². The van der Waals surface area contributed by atoms with Gasteiger partial charge in [0.05, 0.1) is 10.6 Å². The summed E-state index contributed by atoms with van der Waals surface area (Å²) in [6, 6.07) is 12.8. The van der Waals surface area contributed by atoms with Crippen LogP contribution in [0.15, 0.2) is 47.4 Å². The molecule has 0 saturated carbocycles. The Bertz CT molecular complexity index is 631. The zero-order chi connectivity index (χ0) is 14.5. The van der Waals surface area contributed by atoms with Crippen molar-refractivity contribution in [1.29, 1.82) is 0 Å². The molecule has 0 fully saturated rings. The van der Waals surface area contributed by atoms with Crippen molar-refractivity contribution in [1.82, 2.24) is 5.32 Å². The Morgan fingerprint density at radius 3 is 2.60 bits per heavy atom. The number of hydrogen-bond acceptors (Lipinski definition) is 2. The first-order chi connectivity index (χ1) is 9.61. The lowest BCUT2D eigenvalue weighted by molar-refractivity contribution is 0.0951. The van der Waals surface area contributed by atoms with E-state index in [9.17, 15) is 4.79 Å². The highest BCUT2D eigenvalue weighted by Gasteiger charge is 2.11. The van der Waals surface area contributed by atoms with E-state index < -0.39 is 0 Å². The Labute approximate surface area is 132 Å². The van der Waals surface area contributed by atoms with Gasteiger partial charge in [-0.1, -0.05) is 41.4 Å². The maximum absolute atomic E-state index is 12.2. The number of carbonyl (C=O) groups excluding carboxylic acids is 1. The molecular weight excluding hydrogens is 313 g/mol. The normalized spacial score (nSPS) is 10.3. The minimum absolute atomic E-state index is 0.203. The first-order valence-electron chi connectivity index (χ1n) is 5.97. The van der Waals surface area contributed by atoms with Crippen molar-refractivity contribution in [3.63, 3.8) is 0 Å². The van der Waals surface area contributed by atoms with Crippen LogP contribution < -0.4 is 5.32 Å². The minimum Gasteiger partial charge on any atom is -0.348 e. The standard InChI is InChI=1S/C15H13Cl2NOS/c1-20-11-6-7-14(17)12(8-11)15(19)18-9-10-4-2-3-5-13(10)16/h2-8H,9H2,1H3,(H,18,19). The first kappa shape index (κ1) is 15.2. The minimum atomic E-state index is -0.203. The average Bonchev–Trinajstić information content (AvgIpc) is 2.46. The predicted octanol–water partition coefficient (Wildman–Crippen LogP) is 4.65. The average molecular weight is 326 g/mol. The van der Waals surface area contributed by atoms with Crippen molar-refractivity contribution >= 4 is 40.9 Å². The summed E-state index contributed by atoms with van der Waals surface area (Å²) in [7, 11) is 0. The number of thioether (sulfide) groups is 1. The van der Waals surface area contributed by atoms with Crippen LogP contribution in [0, 0.1) is 0 Å². The Morgan fingerprint density at radius 1 is 1.15 bits per heavy atom. The summed E-state index contributed by atoms with van der Waals surface area (Å²) in [4.78, 5) is 13.2. The zero-order valence-corrected chi connectivity index (χ0v) is 13.1. The zero-order valence-electron chi connectivity index (χ0n) is 10.8. The van der Waals surface area contributed by atoms with Gasteiger partial charge in [0.25, 0.3) is 5.91 Å². The molecule has 0 spiro atoms. The molecule has 0 aliphatic heterocycles. The highest BCUT2D eigenvalue weighted by atomic mass is 35.5. The summed E-state index contributed by atoms with van der Waals surface area (Å²) in [6.07, 6.45) is 1.95. The third-order valence-corrected chi connectivity index (χ3v) is 4.24. The quantitative estimate of drug-likeness (QED) is 0.829. The van der Waals surface area contributed by atoms with Gasteiger partial charge in [0.1, 0.15) is 0 Å². The van der Waals surface area contributed by atoms with Gasteiger partial charge >= 0.3 is 0 Å². The molecule has 0 saturated heterocycles. The summed E-state index contributed by atoms with van der Waals surface area (Å²) in [5.74, 6) is -0.203. The van der Waals surface area contributed by atoms with Crippen LogP contribution in [-0.2, 0) is 6.54 Å². The summed E-state index contributed by atoms with van der Waals surface area (Å²) < 4.78 is 0. The van der Waals surface area contributed by atoms with Crippen molar-refractivity contribution in [2.24, 2.45) is 0 Å². The van der Waals surface area contributed by atoms with Crippen LogP contribution >= 0.6 is 35.0 Å². The van der Waals surface area contributed by atoms with Gasteiger partial charge in [-0.3, -0.25) is 4.79 Å². The fraction of sp³-hybridized carbons (Fsp3) is 0.133. The van der Waals surface area contributed by atoms with E-state index in [4.69, 9.17) is 23.2 Å². The van der Waals surface area contributed by atoms with Crippen LogP contribution in [-0.4, -0.2) is 12.2 Å². The van der Waals surface area contributed by atoms with Crippen LogP contribution in [0.5, 0.6) is 0 Å². The lowest BCUT2D eigenvalue weighted by Gasteiger charge is -2.09. The van der Waals surface area contributed by atoms with Gasteiger partial charge in [-0.05, 0) is 36.1 Å². The van der Waals surface area contributed by atoms with E-state index >= 15 is 0 Å². The Hall–Kier alpha value is -1.16. The Balaban J connectivity index is 2.11. The summed E-state index contributed by atoms with van der Waals surface area (Å²) >= 11 is 13.7. The molecule has 2 nitrogen and oxygen atoms in total. The third-order valence-electron chi connectivity index (χ3n) is 2.82. The molecule has 0 aliphatic carbocycles. The SMILES string of the molecule is CSc1ccc(Cl)c(C(=O)NCc2ccccc2Cl)c1. The fourth-order valence-corrected chi connectivity index (χ4v) is 2.56. The number of nitrogens with one attached hydrogen (secondary N) is 1. The van der Waals surface area contributed by atoms with Gasteiger partial charge in [-0.15, -0.1) is 11.8 Å². The monoisotopic (exact) mass is 325 g/mol. The summed E-state index contributed by atoms with van der Waals surface area (Å²) in [6.45, 7) is 0.373. The largest absolute Gasteiger partial charge is 0.348 e. The van der Waals surface area contributed by atoms with Gasteiger partial charge in [-0.25, -0.2) is 0 Å². The molecule has 2 rings (SSSR count). The van der Waals surface area contributed by atoms with Gasteiger partial charge in [0.15, 0.2) is 0 Å². The summed E-state index contributed by atoms with van der Waals surface area (Å²) in [5, 5.41) is 3.91. The second-order valence-electron chi connectivity index (χ2n) is 4.12. The Morgan fingerprint density at radius 2 is 1.90 bits per heavy atom. The number of amides is 1. The molecule has 5 heteroatoms. The second kappa shape index (κ2) is 7.02. The van der Waals surface area contributed by atoms with Crippen molar-refractivity contribution in [3.05, 3.63) is 63.6 Å². The lowest BCUT2D eigenvalue weighted by atomic mass is 10.2. The van der Waals surface area contributed by atoms with Crippen LogP contribution in [0.25, 0.3) is 0 Å². The van der Waals surface area contributed by atoms with Crippen LogP contribution in [0.3, 0.4) is 0 Å². The molecule has 104 valence electrons. The number of carbonyl (C=O) groups is 1. The van der Waals surface area contributed by atoms with E-state index in [-0.39, 0.29) is 5.91 Å². The lowest BCUT2D eigenvalue weighted by Crippen LogP contribution is -2.23. The molecule has 0 aliphatic rings. The van der Waals surface area contributed by atoms with E-state index in [1.165, 1.54) is 0 Å². The molecule has 0 radical (unpaired) electrons. The van der Waals surface area contributed by atoms with Crippen molar-refractivity contribution < 1.29 is 4.79 Å². The first-order valence-corrected chi connectivity index (χ1v) is 7.95. The van der Waals surface area contributed by atoms with Crippen molar-refractivity contribution in [2.75, 3.05) is 6.26 Å². The third kappa shape index (κ3) is 3.69. The van der Waals surface area contributed by atoms with Crippen LogP contribution in [0.1, 0.15) is 15.9 Å². The number of halogens is 2. The molecular formula is C15H13Cl2NOS.